The van der Waals surface area contributed by atoms with Crippen LogP contribution in [0.25, 0.3) is 22.0 Å². The van der Waals surface area contributed by atoms with Gasteiger partial charge in [-0.2, -0.15) is 10.4 Å². The molecule has 2 N–H and O–H groups in total. The van der Waals surface area contributed by atoms with Crippen molar-refractivity contribution in [3.63, 3.8) is 0 Å². The van der Waals surface area contributed by atoms with Crippen molar-refractivity contribution in [2.45, 2.75) is 0 Å². The molecule has 0 radical (unpaired) electrons. The zero-order valence-electron chi connectivity index (χ0n) is 15.2. The van der Waals surface area contributed by atoms with E-state index in [0.717, 1.165) is 32.1 Å². The first-order valence-electron chi connectivity index (χ1n) is 8.86. The topological polar surface area (TPSA) is 81.0 Å². The minimum atomic E-state index is -0.332. The molecule has 140 valence electrons. The van der Waals surface area contributed by atoms with Crippen LogP contribution in [0.5, 0.6) is 0 Å². The van der Waals surface area contributed by atoms with Crippen LogP contribution in [0, 0.1) is 11.3 Å². The molecule has 3 aromatic carbocycles. The third-order valence-electron chi connectivity index (χ3n) is 4.47. The van der Waals surface area contributed by atoms with Crippen LogP contribution in [-0.2, 0) is 0 Å². The van der Waals surface area contributed by atoms with Gasteiger partial charge in [-0.25, -0.2) is 5.43 Å². The summed E-state index contributed by atoms with van der Waals surface area (Å²) in [6, 6.07) is 24.6. The zero-order valence-corrected chi connectivity index (χ0v) is 16.8. The maximum atomic E-state index is 12.9. The van der Waals surface area contributed by atoms with Crippen molar-refractivity contribution in [1.29, 1.82) is 5.26 Å². The molecule has 0 aliphatic rings. The molecule has 0 saturated heterocycles. The predicted octanol–water partition coefficient (Wildman–Crippen LogP) is 5.23. The largest absolute Gasteiger partial charge is 0.350 e. The number of nitrogens with one attached hydrogen (secondary N) is 2. The number of rotatable bonds is 4. The Balaban J connectivity index is 1.66. The summed E-state index contributed by atoms with van der Waals surface area (Å²) >= 11 is 3.51. The van der Waals surface area contributed by atoms with Gasteiger partial charge in [-0.3, -0.25) is 4.79 Å². The van der Waals surface area contributed by atoms with Gasteiger partial charge in [0, 0.05) is 20.9 Å². The molecular formula is C23H15BrN4O. The second-order valence-electron chi connectivity index (χ2n) is 6.36. The molecule has 0 bridgehead atoms. The Bertz CT molecular complexity index is 1250. The summed E-state index contributed by atoms with van der Waals surface area (Å²) < 4.78 is 0.937. The summed E-state index contributed by atoms with van der Waals surface area (Å²) in [5, 5.41) is 13.9. The van der Waals surface area contributed by atoms with Crippen LogP contribution in [0.1, 0.15) is 21.6 Å². The molecule has 0 spiro atoms. The number of carbonyl (C=O) groups excluding carboxylic acids is 1. The number of nitrogens with zero attached hydrogens (tertiary/aromatic N) is 2. The van der Waals surface area contributed by atoms with E-state index in [4.69, 9.17) is 5.26 Å². The van der Waals surface area contributed by atoms with E-state index in [9.17, 15) is 4.79 Å². The van der Waals surface area contributed by atoms with Crippen LogP contribution >= 0.6 is 15.9 Å². The van der Waals surface area contributed by atoms with E-state index >= 15 is 0 Å². The number of amides is 1. The normalized spacial score (nSPS) is 10.9. The monoisotopic (exact) mass is 442 g/mol. The maximum absolute atomic E-state index is 12.9. The summed E-state index contributed by atoms with van der Waals surface area (Å²) in [4.78, 5) is 16.1. The SMILES string of the molecule is N#Cc1ccc(/C=N\NC(=O)c2[nH]c3ccc(Br)cc3c2-c2ccccc2)cc1. The average Bonchev–Trinajstić information content (AvgIpc) is 3.13. The van der Waals surface area contributed by atoms with Crippen LogP contribution in [-0.4, -0.2) is 17.1 Å². The molecule has 1 amide bonds. The number of nitriles is 1. The molecule has 1 heterocycles. The van der Waals surface area contributed by atoms with E-state index in [1.54, 1.807) is 30.5 Å². The number of hydrazone groups is 1. The number of fused-ring (bicyclic) bond motifs is 1. The van der Waals surface area contributed by atoms with Gasteiger partial charge in [-0.05, 0) is 41.5 Å². The van der Waals surface area contributed by atoms with Gasteiger partial charge in [0.15, 0.2) is 0 Å². The lowest BCUT2D eigenvalue weighted by Crippen LogP contribution is -2.18. The lowest BCUT2D eigenvalue weighted by atomic mass is 10.0. The fraction of sp³-hybridized carbons (Fsp3) is 0. The number of benzene rings is 3. The summed E-state index contributed by atoms with van der Waals surface area (Å²) in [6.45, 7) is 0. The highest BCUT2D eigenvalue weighted by Gasteiger charge is 2.19. The van der Waals surface area contributed by atoms with Gasteiger partial charge in [0.2, 0.25) is 0 Å². The number of carbonyl (C=O) groups is 1. The predicted molar refractivity (Wildman–Crippen MR) is 118 cm³/mol. The van der Waals surface area contributed by atoms with Crippen molar-refractivity contribution in [2.75, 3.05) is 0 Å². The van der Waals surface area contributed by atoms with Crippen molar-refractivity contribution < 1.29 is 4.79 Å². The van der Waals surface area contributed by atoms with E-state index in [2.05, 4.69) is 37.5 Å². The van der Waals surface area contributed by atoms with Crippen LogP contribution in [0.15, 0.2) is 82.4 Å². The Kier molecular flexibility index (Phi) is 5.23. The third-order valence-corrected chi connectivity index (χ3v) is 4.96. The van der Waals surface area contributed by atoms with Gasteiger partial charge < -0.3 is 4.98 Å². The quantitative estimate of drug-likeness (QED) is 0.335. The minimum Gasteiger partial charge on any atom is -0.350 e. The Morgan fingerprint density at radius 2 is 1.83 bits per heavy atom. The molecule has 0 atom stereocenters. The Morgan fingerprint density at radius 3 is 2.55 bits per heavy atom. The highest BCUT2D eigenvalue weighted by atomic mass is 79.9. The van der Waals surface area contributed by atoms with Crippen LogP contribution in [0.3, 0.4) is 0 Å². The highest BCUT2D eigenvalue weighted by Crippen LogP contribution is 2.34. The molecule has 0 saturated carbocycles. The van der Waals surface area contributed by atoms with Gasteiger partial charge in [-0.15, -0.1) is 0 Å². The number of aromatic nitrogens is 1. The first kappa shape index (κ1) is 18.7. The highest BCUT2D eigenvalue weighted by molar-refractivity contribution is 9.10. The van der Waals surface area contributed by atoms with E-state index in [1.165, 1.54) is 0 Å². The van der Waals surface area contributed by atoms with Crippen molar-refractivity contribution in [3.05, 3.63) is 94.1 Å². The summed E-state index contributed by atoms with van der Waals surface area (Å²) in [7, 11) is 0. The number of aromatic amines is 1. The summed E-state index contributed by atoms with van der Waals surface area (Å²) in [6.07, 6.45) is 1.54. The van der Waals surface area contributed by atoms with Crippen molar-refractivity contribution in [1.82, 2.24) is 10.4 Å². The van der Waals surface area contributed by atoms with Gasteiger partial charge in [-0.1, -0.05) is 58.4 Å². The molecule has 1 aromatic heterocycles. The molecule has 29 heavy (non-hydrogen) atoms. The zero-order chi connectivity index (χ0) is 20.2. The third kappa shape index (κ3) is 3.96. The van der Waals surface area contributed by atoms with Gasteiger partial charge in [0.05, 0.1) is 17.8 Å². The lowest BCUT2D eigenvalue weighted by molar-refractivity contribution is 0.0951. The number of H-pyrrole nitrogens is 1. The molecule has 0 aliphatic heterocycles. The van der Waals surface area contributed by atoms with Crippen LogP contribution < -0.4 is 5.43 Å². The van der Waals surface area contributed by atoms with Gasteiger partial charge >= 0.3 is 0 Å². The fourth-order valence-corrected chi connectivity index (χ4v) is 3.47. The van der Waals surface area contributed by atoms with Crippen LogP contribution in [0.2, 0.25) is 0 Å². The second-order valence-corrected chi connectivity index (χ2v) is 7.28. The van der Waals surface area contributed by atoms with Gasteiger partial charge in [0.1, 0.15) is 5.69 Å². The van der Waals surface area contributed by atoms with Crippen molar-refractivity contribution >= 4 is 39.0 Å². The average molecular weight is 443 g/mol. The number of halogens is 1. The first-order chi connectivity index (χ1) is 14.2. The maximum Gasteiger partial charge on any atom is 0.288 e. The molecular weight excluding hydrogens is 428 g/mol. The standard InChI is InChI=1S/C23H15BrN4O/c24-18-10-11-20-19(12-18)21(17-4-2-1-3-5-17)22(27-20)23(29)28-26-14-16-8-6-15(13-25)7-9-16/h1-12,14,27H,(H,28,29)/b26-14-. The van der Waals surface area contributed by atoms with Crippen LogP contribution in [0.4, 0.5) is 0 Å². The molecule has 4 rings (SSSR count). The molecule has 6 heteroatoms. The second kappa shape index (κ2) is 8.13. The summed E-state index contributed by atoms with van der Waals surface area (Å²) in [5.41, 5.74) is 7.03. The first-order valence-corrected chi connectivity index (χ1v) is 9.65. The number of hydrogen-bond acceptors (Lipinski definition) is 3. The Labute approximate surface area is 175 Å². The Morgan fingerprint density at radius 1 is 1.07 bits per heavy atom. The van der Waals surface area contributed by atoms with Gasteiger partial charge in [0.25, 0.3) is 5.91 Å². The molecule has 4 aromatic rings. The van der Waals surface area contributed by atoms with E-state index in [-0.39, 0.29) is 5.91 Å². The van der Waals surface area contributed by atoms with E-state index < -0.39 is 0 Å². The summed E-state index contributed by atoms with van der Waals surface area (Å²) in [5.74, 6) is -0.332. The van der Waals surface area contributed by atoms with E-state index in [1.807, 2.05) is 48.5 Å². The minimum absolute atomic E-state index is 0.332. The molecule has 0 fully saturated rings. The van der Waals surface area contributed by atoms with Crippen molar-refractivity contribution in [2.24, 2.45) is 5.10 Å². The molecule has 5 nitrogen and oxygen atoms in total. The fourth-order valence-electron chi connectivity index (χ4n) is 3.10. The van der Waals surface area contributed by atoms with E-state index in [0.29, 0.717) is 11.3 Å². The number of hydrogen-bond donors (Lipinski definition) is 2. The van der Waals surface area contributed by atoms with Crippen molar-refractivity contribution in [3.8, 4) is 17.2 Å². The smallest absolute Gasteiger partial charge is 0.288 e. The molecule has 0 aliphatic carbocycles. The Hall–Kier alpha value is -3.69. The molecule has 0 unspecified atom stereocenters. The lowest BCUT2D eigenvalue weighted by Gasteiger charge is -2.04.